The van der Waals surface area contributed by atoms with E-state index in [2.05, 4.69) is 94.5 Å². The number of hydrogen-bond donors (Lipinski definition) is 0. The van der Waals surface area contributed by atoms with Crippen molar-refractivity contribution in [1.82, 2.24) is 0 Å². The fraction of sp³-hybridized carbons (Fsp3) is 0.500. The Bertz CT molecular complexity index is 533. The van der Waals surface area contributed by atoms with Crippen molar-refractivity contribution in [1.29, 1.82) is 0 Å². The fourth-order valence-electron chi connectivity index (χ4n) is 2.40. The first kappa shape index (κ1) is 25.1. The number of rotatable bonds is 14. The maximum Gasteiger partial charge on any atom is 0.137 e. The summed E-state index contributed by atoms with van der Waals surface area (Å²) >= 11 is 0. The summed E-state index contributed by atoms with van der Waals surface area (Å²) in [6, 6.07) is 0. The number of carbonyl (C=O) groups excluding carboxylic acids is 1. The molecule has 0 bridgehead atoms. The van der Waals surface area contributed by atoms with Gasteiger partial charge in [-0.2, -0.15) is 0 Å². The lowest BCUT2D eigenvalue weighted by Gasteiger charge is -2.15. The summed E-state index contributed by atoms with van der Waals surface area (Å²) in [6.07, 6.45) is 33.3. The molecule has 0 aromatic carbocycles. The minimum Gasteiger partial charge on any atom is -0.299 e. The van der Waals surface area contributed by atoms with Crippen molar-refractivity contribution in [2.45, 2.75) is 79.1 Å². The zero-order chi connectivity index (χ0) is 20.2. The van der Waals surface area contributed by atoms with Crippen molar-refractivity contribution in [3.8, 4) is 0 Å². The van der Waals surface area contributed by atoms with Crippen LogP contribution in [0.2, 0.25) is 0 Å². The highest BCUT2D eigenvalue weighted by Gasteiger charge is 2.14. The van der Waals surface area contributed by atoms with Gasteiger partial charge in [0.05, 0.1) is 0 Å². The zero-order valence-corrected chi connectivity index (χ0v) is 18.0. The standard InChI is InChI=1S/C26H40O/c1-5-6-7-8-9-10-11-12-13-14-15-16-17-18-19-20-21-22-23-25(27)24-26(2,3)4/h6-7,9-10,12-13,15-16,18-19,21-22H,5,8,11,14,17,20,23-24H2,1-4H3/b7-6-,10-9-,13-12-,16-15-,19-18-,22-21-. The average molecular weight is 369 g/mol. The van der Waals surface area contributed by atoms with E-state index in [4.69, 9.17) is 0 Å². The van der Waals surface area contributed by atoms with E-state index in [1.807, 2.05) is 6.08 Å². The van der Waals surface area contributed by atoms with E-state index in [0.717, 1.165) is 38.5 Å². The molecule has 0 aromatic rings. The highest BCUT2D eigenvalue weighted by Crippen LogP contribution is 2.19. The van der Waals surface area contributed by atoms with Gasteiger partial charge in [-0.3, -0.25) is 4.79 Å². The van der Waals surface area contributed by atoms with E-state index >= 15 is 0 Å². The summed E-state index contributed by atoms with van der Waals surface area (Å²) in [5.74, 6) is 0.322. The molecular formula is C26H40O. The highest BCUT2D eigenvalue weighted by atomic mass is 16.1. The molecule has 0 radical (unpaired) electrons. The third kappa shape index (κ3) is 22.1. The average Bonchev–Trinajstić information content (AvgIpc) is 2.59. The highest BCUT2D eigenvalue weighted by molar-refractivity contribution is 5.80. The molecule has 0 rings (SSSR count). The van der Waals surface area contributed by atoms with E-state index in [1.165, 1.54) is 0 Å². The molecule has 0 unspecified atom stereocenters. The first-order valence-electron chi connectivity index (χ1n) is 10.4. The summed E-state index contributed by atoms with van der Waals surface area (Å²) in [6.45, 7) is 8.46. The largest absolute Gasteiger partial charge is 0.299 e. The van der Waals surface area contributed by atoms with Crippen molar-refractivity contribution in [2.75, 3.05) is 0 Å². The van der Waals surface area contributed by atoms with Crippen LogP contribution in [0.4, 0.5) is 0 Å². The lowest BCUT2D eigenvalue weighted by Crippen LogP contribution is -2.11. The molecule has 0 aliphatic carbocycles. The first-order chi connectivity index (χ1) is 13.0. The van der Waals surface area contributed by atoms with Gasteiger partial charge in [0.1, 0.15) is 5.78 Å². The van der Waals surface area contributed by atoms with Crippen molar-refractivity contribution >= 4 is 5.78 Å². The van der Waals surface area contributed by atoms with Crippen LogP contribution in [0.1, 0.15) is 79.1 Å². The zero-order valence-electron chi connectivity index (χ0n) is 18.0. The second-order valence-corrected chi connectivity index (χ2v) is 7.90. The minimum absolute atomic E-state index is 0.0922. The molecule has 0 N–H and O–H groups in total. The van der Waals surface area contributed by atoms with Crippen LogP contribution in [0.5, 0.6) is 0 Å². The van der Waals surface area contributed by atoms with Crippen LogP contribution in [0.15, 0.2) is 72.9 Å². The molecular weight excluding hydrogens is 328 g/mol. The summed E-state index contributed by atoms with van der Waals surface area (Å²) in [5.41, 5.74) is 0.0922. The molecule has 0 aliphatic heterocycles. The van der Waals surface area contributed by atoms with E-state index < -0.39 is 0 Å². The van der Waals surface area contributed by atoms with Gasteiger partial charge in [0.15, 0.2) is 0 Å². The van der Waals surface area contributed by atoms with E-state index in [0.29, 0.717) is 18.6 Å². The molecule has 0 amide bonds. The Morgan fingerprint density at radius 3 is 1.26 bits per heavy atom. The smallest absolute Gasteiger partial charge is 0.137 e. The Labute approximate surface area is 168 Å². The molecule has 1 nitrogen and oxygen atoms in total. The number of ketones is 1. The van der Waals surface area contributed by atoms with Crippen LogP contribution in [0.25, 0.3) is 0 Å². The van der Waals surface area contributed by atoms with Gasteiger partial charge < -0.3 is 0 Å². The summed E-state index contributed by atoms with van der Waals surface area (Å²) in [4.78, 5) is 11.7. The molecule has 0 saturated heterocycles. The number of carbonyl (C=O) groups is 1. The minimum atomic E-state index is 0.0922. The third-order valence-corrected chi connectivity index (χ3v) is 3.67. The Hall–Kier alpha value is -1.89. The van der Waals surface area contributed by atoms with Crippen LogP contribution in [-0.4, -0.2) is 5.78 Å². The van der Waals surface area contributed by atoms with Crippen LogP contribution >= 0.6 is 0 Å². The van der Waals surface area contributed by atoms with E-state index in [1.54, 1.807) is 0 Å². The molecule has 0 saturated carbocycles. The third-order valence-electron chi connectivity index (χ3n) is 3.67. The Morgan fingerprint density at radius 2 is 0.926 bits per heavy atom. The Kier molecular flexibility index (Phi) is 16.3. The van der Waals surface area contributed by atoms with E-state index in [-0.39, 0.29) is 5.41 Å². The molecule has 0 atom stereocenters. The van der Waals surface area contributed by atoms with Crippen LogP contribution in [0, 0.1) is 5.41 Å². The predicted molar refractivity (Wildman–Crippen MR) is 122 cm³/mol. The summed E-state index contributed by atoms with van der Waals surface area (Å²) in [7, 11) is 0. The molecule has 0 spiro atoms. The fourth-order valence-corrected chi connectivity index (χ4v) is 2.40. The molecule has 0 aliphatic rings. The molecule has 0 fully saturated rings. The van der Waals surface area contributed by atoms with Crippen molar-refractivity contribution < 1.29 is 4.79 Å². The molecule has 0 heterocycles. The SMILES string of the molecule is CC/C=C\C/C=C\C/C=C\C/C=C\C/C=C\C/C=C\CC(=O)CC(C)(C)C. The van der Waals surface area contributed by atoms with Gasteiger partial charge in [0.25, 0.3) is 0 Å². The second-order valence-electron chi connectivity index (χ2n) is 7.90. The van der Waals surface area contributed by atoms with Crippen LogP contribution in [0.3, 0.4) is 0 Å². The van der Waals surface area contributed by atoms with Crippen LogP contribution in [-0.2, 0) is 4.79 Å². The van der Waals surface area contributed by atoms with Gasteiger partial charge in [-0.05, 0) is 43.9 Å². The quantitative estimate of drug-likeness (QED) is 0.283. The monoisotopic (exact) mass is 368 g/mol. The lowest BCUT2D eigenvalue weighted by molar-refractivity contribution is -0.119. The number of hydrogen-bond acceptors (Lipinski definition) is 1. The summed E-state index contributed by atoms with van der Waals surface area (Å²) in [5, 5.41) is 0. The molecule has 150 valence electrons. The Balaban J connectivity index is 3.65. The molecule has 0 aromatic heterocycles. The van der Waals surface area contributed by atoms with Crippen molar-refractivity contribution in [3.63, 3.8) is 0 Å². The van der Waals surface area contributed by atoms with Crippen molar-refractivity contribution in [2.24, 2.45) is 5.41 Å². The van der Waals surface area contributed by atoms with Gasteiger partial charge in [-0.1, -0.05) is 101 Å². The molecule has 1 heteroatoms. The predicted octanol–water partition coefficient (Wildman–Crippen LogP) is 8.08. The van der Waals surface area contributed by atoms with Gasteiger partial charge in [0.2, 0.25) is 0 Å². The maximum absolute atomic E-state index is 11.7. The summed E-state index contributed by atoms with van der Waals surface area (Å²) < 4.78 is 0. The second kappa shape index (κ2) is 17.5. The Morgan fingerprint density at radius 1 is 0.593 bits per heavy atom. The van der Waals surface area contributed by atoms with Gasteiger partial charge in [-0.15, -0.1) is 0 Å². The van der Waals surface area contributed by atoms with Gasteiger partial charge in [-0.25, -0.2) is 0 Å². The van der Waals surface area contributed by atoms with Gasteiger partial charge in [0, 0.05) is 12.8 Å². The van der Waals surface area contributed by atoms with E-state index in [9.17, 15) is 4.79 Å². The number of allylic oxidation sites excluding steroid dienone is 12. The van der Waals surface area contributed by atoms with Gasteiger partial charge >= 0.3 is 0 Å². The molecule has 27 heavy (non-hydrogen) atoms. The topological polar surface area (TPSA) is 17.1 Å². The lowest BCUT2D eigenvalue weighted by atomic mass is 9.89. The normalized spacial score (nSPS) is 13.6. The maximum atomic E-state index is 11.7. The first-order valence-corrected chi connectivity index (χ1v) is 10.4. The van der Waals surface area contributed by atoms with Crippen molar-refractivity contribution in [3.05, 3.63) is 72.9 Å². The van der Waals surface area contributed by atoms with Crippen LogP contribution < -0.4 is 0 Å². The number of Topliss-reactive ketones (excluding diaryl/α,β-unsaturated/α-hetero) is 1.